The second kappa shape index (κ2) is 8.85. The highest BCUT2D eigenvalue weighted by Crippen LogP contribution is 2.27. The average molecular weight is 439 g/mol. The first-order chi connectivity index (χ1) is 13.4. The molecule has 0 unspecified atom stereocenters. The third-order valence-electron chi connectivity index (χ3n) is 4.14. The van der Waals surface area contributed by atoms with Gasteiger partial charge in [-0.3, -0.25) is 4.79 Å². The number of hydrogen-bond acceptors (Lipinski definition) is 4. The first-order valence-corrected chi connectivity index (χ1v) is 9.53. The summed E-state index contributed by atoms with van der Waals surface area (Å²) in [4.78, 5) is 24.5. The summed E-state index contributed by atoms with van der Waals surface area (Å²) in [7, 11) is 0. The van der Waals surface area contributed by atoms with Crippen LogP contribution in [-0.4, -0.2) is 18.4 Å². The van der Waals surface area contributed by atoms with E-state index in [9.17, 15) is 9.59 Å². The minimum atomic E-state index is -0.510. The summed E-state index contributed by atoms with van der Waals surface area (Å²) in [5.74, 6) is 0.443. The van der Waals surface area contributed by atoms with Crippen molar-refractivity contribution < 1.29 is 19.1 Å². The molecular formula is C23H19BrO4. The van der Waals surface area contributed by atoms with Crippen molar-refractivity contribution in [2.24, 2.45) is 0 Å². The van der Waals surface area contributed by atoms with Crippen LogP contribution < -0.4 is 9.47 Å². The van der Waals surface area contributed by atoms with Crippen LogP contribution in [-0.2, 0) is 4.79 Å². The zero-order chi connectivity index (χ0) is 20.1. The standard InChI is InChI=1S/C23H19BrO4/c1-15-12-19(24)13-16(2)23(15)27-14-21(25)28-20-10-8-18(9-11-20)22(26)17-6-4-3-5-7-17/h3-13H,14H2,1-2H3. The molecule has 3 aromatic carbocycles. The number of carbonyl (C=O) groups excluding carboxylic acids is 2. The van der Waals surface area contributed by atoms with Gasteiger partial charge in [-0.05, 0) is 61.4 Å². The van der Waals surface area contributed by atoms with Crippen molar-refractivity contribution in [3.8, 4) is 11.5 Å². The molecule has 3 aromatic rings. The van der Waals surface area contributed by atoms with Gasteiger partial charge in [-0.25, -0.2) is 4.79 Å². The summed E-state index contributed by atoms with van der Waals surface area (Å²) in [6.45, 7) is 3.63. The highest BCUT2D eigenvalue weighted by atomic mass is 79.9. The Kier molecular flexibility index (Phi) is 6.26. The van der Waals surface area contributed by atoms with Crippen molar-refractivity contribution in [2.45, 2.75) is 13.8 Å². The predicted molar refractivity (Wildman–Crippen MR) is 111 cm³/mol. The fourth-order valence-corrected chi connectivity index (χ4v) is 3.53. The lowest BCUT2D eigenvalue weighted by Gasteiger charge is -2.12. The van der Waals surface area contributed by atoms with Crippen molar-refractivity contribution >= 4 is 27.7 Å². The Labute approximate surface area is 172 Å². The molecule has 0 atom stereocenters. The van der Waals surface area contributed by atoms with Crippen LogP contribution >= 0.6 is 15.9 Å². The maximum absolute atomic E-state index is 12.4. The zero-order valence-corrected chi connectivity index (χ0v) is 17.2. The van der Waals surface area contributed by atoms with E-state index in [-0.39, 0.29) is 12.4 Å². The van der Waals surface area contributed by atoms with E-state index in [1.54, 1.807) is 36.4 Å². The molecule has 0 spiro atoms. The number of hydrogen-bond donors (Lipinski definition) is 0. The quantitative estimate of drug-likeness (QED) is 0.298. The molecule has 0 fully saturated rings. The molecule has 0 saturated heterocycles. The summed E-state index contributed by atoms with van der Waals surface area (Å²) in [6.07, 6.45) is 0. The SMILES string of the molecule is Cc1cc(Br)cc(C)c1OCC(=O)Oc1ccc(C(=O)c2ccccc2)cc1. The number of carbonyl (C=O) groups is 2. The van der Waals surface area contributed by atoms with E-state index in [0.717, 1.165) is 15.6 Å². The number of rotatable bonds is 6. The van der Waals surface area contributed by atoms with Crippen molar-refractivity contribution in [3.63, 3.8) is 0 Å². The molecule has 0 aliphatic heterocycles. The Bertz CT molecular complexity index is 972. The van der Waals surface area contributed by atoms with Crippen molar-refractivity contribution in [2.75, 3.05) is 6.61 Å². The van der Waals surface area contributed by atoms with Gasteiger partial charge in [-0.2, -0.15) is 0 Å². The number of benzene rings is 3. The van der Waals surface area contributed by atoms with Crippen molar-refractivity contribution in [1.29, 1.82) is 0 Å². The summed E-state index contributed by atoms with van der Waals surface area (Å²) in [6, 6.07) is 19.4. The smallest absolute Gasteiger partial charge is 0.349 e. The summed E-state index contributed by atoms with van der Waals surface area (Å²) in [5.41, 5.74) is 3.01. The third kappa shape index (κ3) is 4.87. The highest BCUT2D eigenvalue weighted by molar-refractivity contribution is 9.10. The zero-order valence-electron chi connectivity index (χ0n) is 15.6. The van der Waals surface area contributed by atoms with Crippen LogP contribution in [0.3, 0.4) is 0 Å². The van der Waals surface area contributed by atoms with E-state index in [1.165, 1.54) is 0 Å². The molecule has 3 rings (SSSR count). The van der Waals surface area contributed by atoms with E-state index in [1.807, 2.05) is 44.2 Å². The molecule has 0 heterocycles. The van der Waals surface area contributed by atoms with Crippen LogP contribution in [0.4, 0.5) is 0 Å². The van der Waals surface area contributed by atoms with E-state index in [0.29, 0.717) is 22.6 Å². The number of aryl methyl sites for hydroxylation is 2. The van der Waals surface area contributed by atoms with Gasteiger partial charge in [-0.1, -0.05) is 46.3 Å². The van der Waals surface area contributed by atoms with Gasteiger partial charge in [0.05, 0.1) is 0 Å². The third-order valence-corrected chi connectivity index (χ3v) is 4.60. The van der Waals surface area contributed by atoms with Gasteiger partial charge in [0.2, 0.25) is 0 Å². The summed E-state index contributed by atoms with van der Waals surface area (Å²) < 4.78 is 11.9. The Hall–Kier alpha value is -2.92. The number of ketones is 1. The fraction of sp³-hybridized carbons (Fsp3) is 0.130. The Balaban J connectivity index is 1.60. The Morgan fingerprint density at radius 1 is 0.857 bits per heavy atom. The molecule has 0 aliphatic rings. The maximum Gasteiger partial charge on any atom is 0.349 e. The number of halogens is 1. The molecule has 0 amide bonds. The molecule has 0 N–H and O–H groups in total. The van der Waals surface area contributed by atoms with Crippen LogP contribution in [0.25, 0.3) is 0 Å². The lowest BCUT2D eigenvalue weighted by Crippen LogP contribution is -2.18. The average Bonchev–Trinajstić information content (AvgIpc) is 2.68. The fourth-order valence-electron chi connectivity index (χ4n) is 2.85. The Morgan fingerprint density at radius 3 is 2.04 bits per heavy atom. The lowest BCUT2D eigenvalue weighted by atomic mass is 10.0. The van der Waals surface area contributed by atoms with Crippen molar-refractivity contribution in [3.05, 3.63) is 93.5 Å². The second-order valence-corrected chi connectivity index (χ2v) is 7.27. The monoisotopic (exact) mass is 438 g/mol. The van der Waals surface area contributed by atoms with Gasteiger partial charge in [0, 0.05) is 15.6 Å². The molecule has 0 bridgehead atoms. The largest absolute Gasteiger partial charge is 0.481 e. The molecule has 5 heteroatoms. The van der Waals surface area contributed by atoms with Crippen LogP contribution in [0.15, 0.2) is 71.2 Å². The molecule has 0 saturated carbocycles. The van der Waals surface area contributed by atoms with E-state index in [2.05, 4.69) is 15.9 Å². The Morgan fingerprint density at radius 2 is 1.43 bits per heavy atom. The van der Waals surface area contributed by atoms with Crippen LogP contribution in [0.1, 0.15) is 27.0 Å². The van der Waals surface area contributed by atoms with Crippen molar-refractivity contribution in [1.82, 2.24) is 0 Å². The topological polar surface area (TPSA) is 52.6 Å². The lowest BCUT2D eigenvalue weighted by molar-refractivity contribution is -0.136. The van der Waals surface area contributed by atoms with Gasteiger partial charge >= 0.3 is 5.97 Å². The molecule has 0 aromatic heterocycles. The van der Waals surface area contributed by atoms with E-state index < -0.39 is 5.97 Å². The van der Waals surface area contributed by atoms with Gasteiger partial charge in [0.15, 0.2) is 12.4 Å². The summed E-state index contributed by atoms with van der Waals surface area (Å²) >= 11 is 3.43. The minimum absolute atomic E-state index is 0.0806. The minimum Gasteiger partial charge on any atom is -0.481 e. The predicted octanol–water partition coefficient (Wildman–Crippen LogP) is 5.28. The highest BCUT2D eigenvalue weighted by Gasteiger charge is 2.12. The van der Waals surface area contributed by atoms with Crippen LogP contribution in [0, 0.1) is 13.8 Å². The molecule has 0 radical (unpaired) electrons. The summed E-state index contributed by atoms with van der Waals surface area (Å²) in [5, 5.41) is 0. The van der Waals surface area contributed by atoms with E-state index >= 15 is 0 Å². The molecule has 4 nitrogen and oxygen atoms in total. The number of ether oxygens (including phenoxy) is 2. The second-order valence-electron chi connectivity index (χ2n) is 6.35. The number of esters is 1. The maximum atomic E-state index is 12.4. The van der Waals surface area contributed by atoms with Gasteiger partial charge < -0.3 is 9.47 Å². The normalized spacial score (nSPS) is 10.4. The van der Waals surface area contributed by atoms with Crippen LogP contribution in [0.5, 0.6) is 11.5 Å². The molecule has 142 valence electrons. The van der Waals surface area contributed by atoms with Crippen LogP contribution in [0.2, 0.25) is 0 Å². The first-order valence-electron chi connectivity index (χ1n) is 8.74. The first kappa shape index (κ1) is 19.8. The molecule has 0 aliphatic carbocycles. The van der Waals surface area contributed by atoms with Gasteiger partial charge in [0.25, 0.3) is 0 Å². The molecule has 28 heavy (non-hydrogen) atoms. The van der Waals surface area contributed by atoms with E-state index in [4.69, 9.17) is 9.47 Å². The van der Waals surface area contributed by atoms with Gasteiger partial charge in [0.1, 0.15) is 11.5 Å². The molecular weight excluding hydrogens is 420 g/mol. The van der Waals surface area contributed by atoms with Gasteiger partial charge in [-0.15, -0.1) is 0 Å².